The smallest absolute Gasteiger partial charge is 0.314 e. The van der Waals surface area contributed by atoms with E-state index >= 15 is 0 Å². The zero-order chi connectivity index (χ0) is 10.7. The highest BCUT2D eigenvalue weighted by atomic mass is 35.5. The molecule has 0 unspecified atom stereocenters. The van der Waals surface area contributed by atoms with Gasteiger partial charge >= 0.3 is 6.03 Å². The number of rotatable bonds is 1. The fourth-order valence-corrected chi connectivity index (χ4v) is 2.38. The van der Waals surface area contributed by atoms with Gasteiger partial charge in [0.2, 0.25) is 0 Å². The number of benzene rings is 1. The molecule has 0 spiro atoms. The van der Waals surface area contributed by atoms with Crippen LogP contribution < -0.4 is 5.32 Å². The van der Waals surface area contributed by atoms with Gasteiger partial charge < -0.3 is 10.2 Å². The van der Waals surface area contributed by atoms with Crippen LogP contribution in [0, 0.1) is 0 Å². The first-order valence-electron chi connectivity index (χ1n) is 4.65. The summed E-state index contributed by atoms with van der Waals surface area (Å²) in [6.45, 7) is 0.824. The molecule has 1 aromatic rings. The van der Waals surface area contributed by atoms with Crippen molar-refractivity contribution in [1.29, 1.82) is 0 Å². The molecule has 2 amide bonds. The van der Waals surface area contributed by atoms with E-state index in [1.807, 2.05) is 0 Å². The Kier molecular flexibility index (Phi) is 3.38. The summed E-state index contributed by atoms with van der Waals surface area (Å²) in [5, 5.41) is 3.50. The number of urea groups is 1. The molecule has 1 saturated heterocycles. The molecule has 0 aliphatic carbocycles. The highest BCUT2D eigenvalue weighted by Crippen LogP contribution is 2.17. The van der Waals surface area contributed by atoms with Crippen molar-refractivity contribution in [2.75, 3.05) is 23.5 Å². The summed E-state index contributed by atoms with van der Waals surface area (Å²) in [6.07, 6.45) is 0. The number of thioether (sulfide) groups is 1. The Hall–Kier alpha value is -0.870. The monoisotopic (exact) mass is 242 g/mol. The molecular weight excluding hydrogens is 232 g/mol. The first-order valence-corrected chi connectivity index (χ1v) is 6.18. The summed E-state index contributed by atoms with van der Waals surface area (Å²) < 4.78 is 0. The molecule has 2 rings (SSSR count). The molecule has 1 heterocycles. The highest BCUT2D eigenvalue weighted by molar-refractivity contribution is 7.99. The van der Waals surface area contributed by atoms with Gasteiger partial charge in [0, 0.05) is 23.0 Å². The van der Waals surface area contributed by atoms with E-state index in [0.29, 0.717) is 5.02 Å². The van der Waals surface area contributed by atoms with Crippen LogP contribution in [0.15, 0.2) is 24.3 Å². The van der Waals surface area contributed by atoms with Gasteiger partial charge in [0.15, 0.2) is 0 Å². The largest absolute Gasteiger partial charge is 0.322 e. The van der Waals surface area contributed by atoms with E-state index in [0.717, 1.165) is 23.9 Å². The Morgan fingerprint density at radius 2 is 2.13 bits per heavy atom. The number of nitrogens with zero attached hydrogens (tertiary/aromatic N) is 1. The van der Waals surface area contributed by atoms with Gasteiger partial charge in [-0.3, -0.25) is 0 Å². The second-order valence-electron chi connectivity index (χ2n) is 3.24. The molecule has 1 N–H and O–H groups in total. The van der Waals surface area contributed by atoms with Gasteiger partial charge in [-0.1, -0.05) is 11.6 Å². The lowest BCUT2D eigenvalue weighted by molar-refractivity contribution is 0.225. The maximum atomic E-state index is 11.7. The number of anilines is 1. The van der Waals surface area contributed by atoms with Crippen molar-refractivity contribution < 1.29 is 4.79 Å². The standard InChI is InChI=1S/C10H11ClN2OS/c11-8-1-3-9(4-2-8)12-10(14)13-5-6-15-7-13/h1-4H,5-7H2,(H,12,14). The van der Waals surface area contributed by atoms with Gasteiger partial charge in [-0.05, 0) is 24.3 Å². The third kappa shape index (κ3) is 2.79. The average Bonchev–Trinajstić information content (AvgIpc) is 2.74. The van der Waals surface area contributed by atoms with Gasteiger partial charge in [0.05, 0.1) is 5.88 Å². The molecule has 1 aromatic carbocycles. The Labute approximate surface area is 97.8 Å². The molecule has 80 valence electrons. The first kappa shape index (κ1) is 10.6. The van der Waals surface area contributed by atoms with Gasteiger partial charge in [-0.2, -0.15) is 0 Å². The number of halogens is 1. The topological polar surface area (TPSA) is 32.3 Å². The highest BCUT2D eigenvalue weighted by Gasteiger charge is 2.17. The molecule has 1 fully saturated rings. The maximum Gasteiger partial charge on any atom is 0.322 e. The number of nitrogens with one attached hydrogen (secondary N) is 1. The van der Waals surface area contributed by atoms with E-state index in [2.05, 4.69) is 5.32 Å². The third-order valence-electron chi connectivity index (χ3n) is 2.14. The van der Waals surface area contributed by atoms with E-state index in [1.54, 1.807) is 40.9 Å². The molecular formula is C10H11ClN2OS. The van der Waals surface area contributed by atoms with E-state index in [1.165, 1.54) is 0 Å². The third-order valence-corrected chi connectivity index (χ3v) is 3.35. The number of hydrogen-bond acceptors (Lipinski definition) is 2. The number of carbonyl (C=O) groups excluding carboxylic acids is 1. The van der Waals surface area contributed by atoms with Crippen molar-refractivity contribution >= 4 is 35.1 Å². The molecule has 3 nitrogen and oxygen atoms in total. The van der Waals surface area contributed by atoms with Gasteiger partial charge in [-0.25, -0.2) is 4.79 Å². The molecule has 1 aliphatic rings. The maximum absolute atomic E-state index is 11.7. The lowest BCUT2D eigenvalue weighted by atomic mass is 10.3. The van der Waals surface area contributed by atoms with Crippen molar-refractivity contribution in [2.24, 2.45) is 0 Å². The van der Waals surface area contributed by atoms with E-state index in [4.69, 9.17) is 11.6 Å². The van der Waals surface area contributed by atoms with E-state index in [9.17, 15) is 4.79 Å². The molecule has 15 heavy (non-hydrogen) atoms. The number of amides is 2. The Balaban J connectivity index is 1.96. The van der Waals surface area contributed by atoms with Crippen LogP contribution in [0.3, 0.4) is 0 Å². The molecule has 0 bridgehead atoms. The fraction of sp³-hybridized carbons (Fsp3) is 0.300. The number of hydrogen-bond donors (Lipinski definition) is 1. The lowest BCUT2D eigenvalue weighted by Crippen LogP contribution is -2.32. The molecule has 5 heteroatoms. The fourth-order valence-electron chi connectivity index (χ4n) is 1.31. The zero-order valence-electron chi connectivity index (χ0n) is 8.07. The van der Waals surface area contributed by atoms with E-state index in [-0.39, 0.29) is 6.03 Å². The van der Waals surface area contributed by atoms with Crippen molar-refractivity contribution in [2.45, 2.75) is 0 Å². The van der Waals surface area contributed by atoms with Gasteiger partial charge in [-0.15, -0.1) is 11.8 Å². The van der Waals surface area contributed by atoms with Crippen LogP contribution in [-0.4, -0.2) is 29.1 Å². The Morgan fingerprint density at radius 1 is 1.40 bits per heavy atom. The normalized spacial score (nSPS) is 15.4. The molecule has 0 atom stereocenters. The minimum absolute atomic E-state index is 0.0395. The van der Waals surface area contributed by atoms with Gasteiger partial charge in [0.25, 0.3) is 0 Å². The first-order chi connectivity index (χ1) is 7.25. The minimum atomic E-state index is -0.0395. The predicted octanol–water partition coefficient (Wildman–Crippen LogP) is 2.88. The van der Waals surface area contributed by atoms with E-state index < -0.39 is 0 Å². The predicted molar refractivity (Wildman–Crippen MR) is 64.5 cm³/mol. The Bertz CT molecular complexity index is 349. The number of carbonyl (C=O) groups is 1. The Morgan fingerprint density at radius 3 is 2.73 bits per heavy atom. The average molecular weight is 243 g/mol. The van der Waals surface area contributed by atoms with Crippen LogP contribution in [0.5, 0.6) is 0 Å². The second-order valence-corrected chi connectivity index (χ2v) is 4.75. The van der Waals surface area contributed by atoms with Crippen LogP contribution in [-0.2, 0) is 0 Å². The summed E-state index contributed by atoms with van der Waals surface area (Å²) in [7, 11) is 0. The van der Waals surface area contributed by atoms with Crippen molar-refractivity contribution in [3.8, 4) is 0 Å². The summed E-state index contributed by atoms with van der Waals surface area (Å²) in [5.41, 5.74) is 0.779. The van der Waals surface area contributed by atoms with Crippen LogP contribution in [0.4, 0.5) is 10.5 Å². The molecule has 0 radical (unpaired) electrons. The van der Waals surface area contributed by atoms with Crippen LogP contribution in [0.1, 0.15) is 0 Å². The zero-order valence-corrected chi connectivity index (χ0v) is 9.64. The summed E-state index contributed by atoms with van der Waals surface area (Å²) in [4.78, 5) is 13.5. The van der Waals surface area contributed by atoms with Crippen molar-refractivity contribution in [3.05, 3.63) is 29.3 Å². The van der Waals surface area contributed by atoms with Gasteiger partial charge in [0.1, 0.15) is 0 Å². The molecule has 1 aliphatic heterocycles. The second kappa shape index (κ2) is 4.77. The van der Waals surface area contributed by atoms with Crippen LogP contribution in [0.2, 0.25) is 5.02 Å². The lowest BCUT2D eigenvalue weighted by Gasteiger charge is -2.15. The molecule has 0 saturated carbocycles. The minimum Gasteiger partial charge on any atom is -0.314 e. The van der Waals surface area contributed by atoms with Crippen molar-refractivity contribution in [3.63, 3.8) is 0 Å². The van der Waals surface area contributed by atoms with Crippen LogP contribution >= 0.6 is 23.4 Å². The SMILES string of the molecule is O=C(Nc1ccc(Cl)cc1)N1CCSC1. The summed E-state index contributed by atoms with van der Waals surface area (Å²) in [6, 6.07) is 7.07. The molecule has 0 aromatic heterocycles. The quantitative estimate of drug-likeness (QED) is 0.821. The summed E-state index contributed by atoms with van der Waals surface area (Å²) >= 11 is 7.52. The van der Waals surface area contributed by atoms with Crippen molar-refractivity contribution in [1.82, 2.24) is 4.90 Å². The summed E-state index contributed by atoms with van der Waals surface area (Å²) in [5.74, 6) is 1.80. The van der Waals surface area contributed by atoms with Crippen LogP contribution in [0.25, 0.3) is 0 Å².